The molecule has 2 N–H and O–H groups in total. The van der Waals surface area contributed by atoms with E-state index in [1.807, 2.05) is 18.7 Å². The number of hydrogen-bond donors (Lipinski definition) is 2. The van der Waals surface area contributed by atoms with E-state index in [1.54, 1.807) is 0 Å². The second-order valence-corrected chi connectivity index (χ2v) is 6.31. The first-order valence-corrected chi connectivity index (χ1v) is 8.16. The lowest BCUT2D eigenvalue weighted by Gasteiger charge is -2.33. The van der Waals surface area contributed by atoms with Crippen molar-refractivity contribution in [3.05, 3.63) is 0 Å². The van der Waals surface area contributed by atoms with Crippen LogP contribution in [0, 0.1) is 17.8 Å². The van der Waals surface area contributed by atoms with Crippen molar-refractivity contribution in [3.63, 3.8) is 0 Å². The van der Waals surface area contributed by atoms with E-state index in [9.17, 15) is 9.59 Å². The molecule has 2 amide bonds. The van der Waals surface area contributed by atoms with Gasteiger partial charge in [0.25, 0.3) is 0 Å². The molecule has 1 saturated heterocycles. The van der Waals surface area contributed by atoms with Gasteiger partial charge in [0.2, 0.25) is 11.8 Å². The van der Waals surface area contributed by atoms with Gasteiger partial charge in [-0.15, -0.1) is 0 Å². The summed E-state index contributed by atoms with van der Waals surface area (Å²) >= 11 is 0. The number of piperidine rings is 1. The number of hydrogen-bond acceptors (Lipinski definition) is 3. The van der Waals surface area contributed by atoms with E-state index in [0.29, 0.717) is 19.0 Å². The molecular weight excluding hydrogens is 268 g/mol. The lowest BCUT2D eigenvalue weighted by Crippen LogP contribution is -2.47. The van der Waals surface area contributed by atoms with E-state index in [2.05, 4.69) is 12.2 Å². The topological polar surface area (TPSA) is 69.6 Å². The zero-order valence-corrected chi connectivity index (χ0v) is 13.6. The van der Waals surface area contributed by atoms with Gasteiger partial charge in [0.1, 0.15) is 0 Å². The van der Waals surface area contributed by atoms with Crippen molar-refractivity contribution < 1.29 is 14.7 Å². The number of aliphatic hydroxyl groups is 1. The fourth-order valence-electron chi connectivity index (χ4n) is 2.78. The highest BCUT2D eigenvalue weighted by molar-refractivity contribution is 5.82. The van der Waals surface area contributed by atoms with Crippen LogP contribution < -0.4 is 5.32 Å². The van der Waals surface area contributed by atoms with Gasteiger partial charge in [-0.2, -0.15) is 0 Å². The fourth-order valence-corrected chi connectivity index (χ4v) is 2.78. The molecule has 0 radical (unpaired) electrons. The summed E-state index contributed by atoms with van der Waals surface area (Å²) in [6, 6.07) is 0. The Morgan fingerprint density at radius 1 is 1.38 bits per heavy atom. The van der Waals surface area contributed by atoms with E-state index in [0.717, 1.165) is 32.2 Å². The van der Waals surface area contributed by atoms with Crippen molar-refractivity contribution in [3.8, 4) is 0 Å². The maximum atomic E-state index is 12.2. The average molecular weight is 298 g/mol. The zero-order chi connectivity index (χ0) is 15.8. The molecule has 1 heterocycles. The Kier molecular flexibility index (Phi) is 7.72. The normalized spacial score (nSPS) is 20.4. The minimum absolute atomic E-state index is 0.0131. The summed E-state index contributed by atoms with van der Waals surface area (Å²) < 4.78 is 0. The molecule has 0 aromatic heterocycles. The van der Waals surface area contributed by atoms with E-state index >= 15 is 0 Å². The Labute approximate surface area is 128 Å². The van der Waals surface area contributed by atoms with Gasteiger partial charge >= 0.3 is 0 Å². The van der Waals surface area contributed by atoms with Gasteiger partial charge in [0.05, 0.1) is 5.92 Å². The second kappa shape index (κ2) is 9.03. The van der Waals surface area contributed by atoms with Crippen LogP contribution in [0.5, 0.6) is 0 Å². The molecule has 0 aromatic carbocycles. The molecule has 1 fully saturated rings. The van der Waals surface area contributed by atoms with Crippen LogP contribution in [0.1, 0.15) is 46.5 Å². The highest BCUT2D eigenvalue weighted by atomic mass is 16.3. The van der Waals surface area contributed by atoms with Gasteiger partial charge in [-0.05, 0) is 25.2 Å². The van der Waals surface area contributed by atoms with Crippen molar-refractivity contribution in [1.82, 2.24) is 10.2 Å². The molecule has 0 spiro atoms. The van der Waals surface area contributed by atoms with E-state index in [4.69, 9.17) is 5.11 Å². The molecule has 1 aliphatic rings. The zero-order valence-electron chi connectivity index (χ0n) is 13.6. The molecule has 0 aromatic rings. The Bertz CT molecular complexity index is 344. The summed E-state index contributed by atoms with van der Waals surface area (Å²) in [5.74, 6) is 0.414. The first-order chi connectivity index (χ1) is 9.99. The molecule has 5 heteroatoms. The molecule has 0 bridgehead atoms. The number of nitrogens with zero attached hydrogens (tertiary/aromatic N) is 1. The maximum Gasteiger partial charge on any atom is 0.225 e. The van der Waals surface area contributed by atoms with Crippen LogP contribution in [0.2, 0.25) is 0 Å². The monoisotopic (exact) mass is 298 g/mol. The molecule has 2 atom stereocenters. The summed E-state index contributed by atoms with van der Waals surface area (Å²) in [6.07, 6.45) is 3.41. The summed E-state index contributed by atoms with van der Waals surface area (Å²) in [5, 5.41) is 12.0. The molecule has 2 unspecified atom stereocenters. The van der Waals surface area contributed by atoms with Gasteiger partial charge in [0.15, 0.2) is 0 Å². The van der Waals surface area contributed by atoms with E-state index in [1.165, 1.54) is 0 Å². The number of likely N-dealkylation sites (tertiary alicyclic amines) is 1. The SMILES string of the molecule is CCC(CCO)CNC(=O)C1CCCN(C(=O)C(C)C)C1. The number of carbonyl (C=O) groups is 2. The van der Waals surface area contributed by atoms with Gasteiger partial charge in [0, 0.05) is 32.2 Å². The average Bonchev–Trinajstić information content (AvgIpc) is 2.50. The Hall–Kier alpha value is -1.10. The van der Waals surface area contributed by atoms with E-state index in [-0.39, 0.29) is 30.3 Å². The minimum atomic E-state index is -0.0897. The summed E-state index contributed by atoms with van der Waals surface area (Å²) in [7, 11) is 0. The van der Waals surface area contributed by atoms with Crippen LogP contribution in [0.3, 0.4) is 0 Å². The number of rotatable bonds is 7. The summed E-state index contributed by atoms with van der Waals surface area (Å²) in [6.45, 7) is 7.94. The molecule has 122 valence electrons. The lowest BCUT2D eigenvalue weighted by atomic mass is 9.95. The smallest absolute Gasteiger partial charge is 0.225 e. The first kappa shape index (κ1) is 18.0. The highest BCUT2D eigenvalue weighted by Crippen LogP contribution is 2.19. The third kappa shape index (κ3) is 5.65. The predicted octanol–water partition coefficient (Wildman–Crippen LogP) is 1.41. The highest BCUT2D eigenvalue weighted by Gasteiger charge is 2.29. The van der Waals surface area contributed by atoms with Gasteiger partial charge in [-0.3, -0.25) is 9.59 Å². The third-order valence-electron chi connectivity index (χ3n) is 4.28. The third-order valence-corrected chi connectivity index (χ3v) is 4.28. The molecule has 0 saturated carbocycles. The lowest BCUT2D eigenvalue weighted by molar-refractivity contribution is -0.138. The van der Waals surface area contributed by atoms with Crippen molar-refractivity contribution in [1.29, 1.82) is 0 Å². The summed E-state index contributed by atoms with van der Waals surface area (Å²) in [4.78, 5) is 26.1. The van der Waals surface area contributed by atoms with Gasteiger partial charge < -0.3 is 15.3 Å². The van der Waals surface area contributed by atoms with Gasteiger partial charge in [-0.1, -0.05) is 27.2 Å². The quantitative estimate of drug-likeness (QED) is 0.746. The summed E-state index contributed by atoms with van der Waals surface area (Å²) in [5.41, 5.74) is 0. The number of carbonyl (C=O) groups excluding carboxylic acids is 2. The molecule has 21 heavy (non-hydrogen) atoms. The van der Waals surface area contributed by atoms with Crippen LogP contribution in [0.25, 0.3) is 0 Å². The van der Waals surface area contributed by atoms with Crippen LogP contribution >= 0.6 is 0 Å². The fraction of sp³-hybridized carbons (Fsp3) is 0.875. The molecule has 0 aliphatic carbocycles. The van der Waals surface area contributed by atoms with Crippen molar-refractivity contribution in [2.24, 2.45) is 17.8 Å². The first-order valence-electron chi connectivity index (χ1n) is 8.16. The Morgan fingerprint density at radius 2 is 2.10 bits per heavy atom. The van der Waals surface area contributed by atoms with Gasteiger partial charge in [-0.25, -0.2) is 0 Å². The Morgan fingerprint density at radius 3 is 2.67 bits per heavy atom. The molecule has 1 rings (SSSR count). The van der Waals surface area contributed by atoms with Crippen molar-refractivity contribution in [2.45, 2.75) is 46.5 Å². The molecule has 1 aliphatic heterocycles. The van der Waals surface area contributed by atoms with Crippen molar-refractivity contribution >= 4 is 11.8 Å². The van der Waals surface area contributed by atoms with Crippen LogP contribution in [-0.4, -0.2) is 48.1 Å². The van der Waals surface area contributed by atoms with E-state index < -0.39 is 0 Å². The number of amides is 2. The maximum absolute atomic E-state index is 12.2. The van der Waals surface area contributed by atoms with Crippen LogP contribution in [-0.2, 0) is 9.59 Å². The number of nitrogens with one attached hydrogen (secondary N) is 1. The minimum Gasteiger partial charge on any atom is -0.396 e. The predicted molar refractivity (Wildman–Crippen MR) is 82.6 cm³/mol. The molecular formula is C16H30N2O3. The van der Waals surface area contributed by atoms with Crippen LogP contribution in [0.15, 0.2) is 0 Å². The standard InChI is InChI=1S/C16H30N2O3/c1-4-13(7-9-19)10-17-15(20)14-6-5-8-18(11-14)16(21)12(2)3/h12-14,19H,4-11H2,1-3H3,(H,17,20). The Balaban J connectivity index is 2.45. The number of aliphatic hydroxyl groups excluding tert-OH is 1. The van der Waals surface area contributed by atoms with Crippen LogP contribution in [0.4, 0.5) is 0 Å². The molecule has 5 nitrogen and oxygen atoms in total. The second-order valence-electron chi connectivity index (χ2n) is 6.31. The largest absolute Gasteiger partial charge is 0.396 e. The van der Waals surface area contributed by atoms with Crippen molar-refractivity contribution in [2.75, 3.05) is 26.2 Å².